The fourth-order valence-electron chi connectivity index (χ4n) is 2.04. The smallest absolute Gasteiger partial charge is 0.265 e. The number of halogens is 2. The Labute approximate surface area is 99.7 Å². The standard InChI is InChI=1S/C13H14F2N2/c1-3-11-5-6-12(16-10(11)2)17-8-4-7-13(14,15)9-17/h1,5-6H,4,7-9H2,2H3. The third kappa shape index (κ3) is 2.55. The average molecular weight is 236 g/mol. The highest BCUT2D eigenvalue weighted by atomic mass is 19.3. The highest BCUT2D eigenvalue weighted by Crippen LogP contribution is 2.29. The van der Waals surface area contributed by atoms with E-state index in [1.807, 2.05) is 0 Å². The maximum Gasteiger partial charge on any atom is 0.265 e. The molecule has 17 heavy (non-hydrogen) atoms. The number of aryl methyl sites for hydroxylation is 1. The van der Waals surface area contributed by atoms with Crippen molar-refractivity contribution >= 4 is 5.82 Å². The molecule has 1 fully saturated rings. The van der Waals surface area contributed by atoms with Gasteiger partial charge in [-0.3, -0.25) is 0 Å². The van der Waals surface area contributed by atoms with E-state index in [0.717, 1.165) is 0 Å². The molecule has 90 valence electrons. The number of hydrogen-bond donors (Lipinski definition) is 0. The van der Waals surface area contributed by atoms with Crippen LogP contribution in [0.1, 0.15) is 24.1 Å². The summed E-state index contributed by atoms with van der Waals surface area (Å²) in [6.07, 6.45) is 5.75. The van der Waals surface area contributed by atoms with Gasteiger partial charge in [0, 0.05) is 18.5 Å². The van der Waals surface area contributed by atoms with Crippen LogP contribution in [0.5, 0.6) is 0 Å². The van der Waals surface area contributed by atoms with Gasteiger partial charge in [0.25, 0.3) is 5.92 Å². The van der Waals surface area contributed by atoms with Gasteiger partial charge in [-0.1, -0.05) is 5.92 Å². The predicted molar refractivity (Wildman–Crippen MR) is 63.3 cm³/mol. The van der Waals surface area contributed by atoms with Crippen LogP contribution in [0.25, 0.3) is 0 Å². The van der Waals surface area contributed by atoms with Gasteiger partial charge in [0.15, 0.2) is 0 Å². The minimum absolute atomic E-state index is 0.0368. The molecule has 0 aliphatic carbocycles. The minimum Gasteiger partial charge on any atom is -0.351 e. The van der Waals surface area contributed by atoms with E-state index in [-0.39, 0.29) is 13.0 Å². The lowest BCUT2D eigenvalue weighted by Gasteiger charge is -2.33. The van der Waals surface area contributed by atoms with Gasteiger partial charge in [-0.05, 0) is 25.5 Å². The third-order valence-corrected chi connectivity index (χ3v) is 2.94. The maximum absolute atomic E-state index is 13.3. The fourth-order valence-corrected chi connectivity index (χ4v) is 2.04. The molecule has 2 nitrogen and oxygen atoms in total. The predicted octanol–water partition coefficient (Wildman–Crippen LogP) is 2.61. The second-order valence-electron chi connectivity index (χ2n) is 4.33. The number of alkyl halides is 2. The topological polar surface area (TPSA) is 16.1 Å². The molecule has 1 aromatic rings. The fraction of sp³-hybridized carbons (Fsp3) is 0.462. The van der Waals surface area contributed by atoms with Gasteiger partial charge in [0.1, 0.15) is 5.82 Å². The summed E-state index contributed by atoms with van der Waals surface area (Å²) in [5.74, 6) is 0.484. The van der Waals surface area contributed by atoms with Crippen molar-refractivity contribution in [2.45, 2.75) is 25.7 Å². The van der Waals surface area contributed by atoms with Crippen LogP contribution < -0.4 is 4.90 Å². The molecule has 0 N–H and O–H groups in total. The molecule has 0 atom stereocenters. The highest BCUT2D eigenvalue weighted by Gasteiger charge is 2.35. The first-order valence-corrected chi connectivity index (χ1v) is 5.59. The van der Waals surface area contributed by atoms with Crippen molar-refractivity contribution in [2.24, 2.45) is 0 Å². The Bertz CT molecular complexity index is 463. The lowest BCUT2D eigenvalue weighted by molar-refractivity contribution is -0.0118. The van der Waals surface area contributed by atoms with Crippen molar-refractivity contribution < 1.29 is 8.78 Å². The van der Waals surface area contributed by atoms with Crippen molar-refractivity contribution in [3.05, 3.63) is 23.4 Å². The summed E-state index contributed by atoms with van der Waals surface area (Å²) in [7, 11) is 0. The molecule has 1 aliphatic rings. The number of hydrogen-bond acceptors (Lipinski definition) is 2. The zero-order chi connectivity index (χ0) is 12.5. The summed E-state index contributed by atoms with van der Waals surface area (Å²) in [5.41, 5.74) is 1.41. The van der Waals surface area contributed by atoms with Gasteiger partial charge < -0.3 is 4.90 Å². The first-order chi connectivity index (χ1) is 8.02. The quantitative estimate of drug-likeness (QED) is 0.697. The normalized spacial score (nSPS) is 18.8. The summed E-state index contributed by atoms with van der Waals surface area (Å²) in [6, 6.07) is 3.47. The Balaban J connectivity index is 2.23. The number of aromatic nitrogens is 1. The molecule has 0 spiro atoms. The lowest BCUT2D eigenvalue weighted by Crippen LogP contribution is -2.43. The van der Waals surface area contributed by atoms with Crippen LogP contribution in [0, 0.1) is 19.3 Å². The molecule has 1 saturated heterocycles. The number of rotatable bonds is 1. The van der Waals surface area contributed by atoms with Crippen LogP contribution in [-0.4, -0.2) is 24.0 Å². The Morgan fingerprint density at radius 3 is 2.82 bits per heavy atom. The summed E-state index contributed by atoms with van der Waals surface area (Å²) >= 11 is 0. The monoisotopic (exact) mass is 236 g/mol. The highest BCUT2D eigenvalue weighted by molar-refractivity contribution is 5.46. The number of terminal acetylenes is 1. The number of anilines is 1. The van der Waals surface area contributed by atoms with Crippen molar-refractivity contribution in [2.75, 3.05) is 18.0 Å². The van der Waals surface area contributed by atoms with E-state index in [2.05, 4.69) is 10.9 Å². The molecule has 4 heteroatoms. The first kappa shape index (κ1) is 11.8. The van der Waals surface area contributed by atoms with Crippen LogP contribution in [-0.2, 0) is 0 Å². The van der Waals surface area contributed by atoms with E-state index < -0.39 is 5.92 Å². The number of pyridine rings is 1. The van der Waals surface area contributed by atoms with Crippen molar-refractivity contribution in [3.63, 3.8) is 0 Å². The molecule has 0 aromatic carbocycles. The summed E-state index contributed by atoms with van der Waals surface area (Å²) < 4.78 is 26.6. The van der Waals surface area contributed by atoms with E-state index >= 15 is 0 Å². The van der Waals surface area contributed by atoms with E-state index in [1.165, 1.54) is 0 Å². The van der Waals surface area contributed by atoms with E-state index in [4.69, 9.17) is 6.42 Å². The number of nitrogens with zero attached hydrogens (tertiary/aromatic N) is 2. The molecule has 0 amide bonds. The van der Waals surface area contributed by atoms with E-state index in [0.29, 0.717) is 30.0 Å². The zero-order valence-electron chi connectivity index (χ0n) is 9.71. The first-order valence-electron chi connectivity index (χ1n) is 5.59. The molecule has 1 aromatic heterocycles. The largest absolute Gasteiger partial charge is 0.351 e. The summed E-state index contributed by atoms with van der Waals surface area (Å²) in [4.78, 5) is 5.91. The molecule has 2 heterocycles. The van der Waals surface area contributed by atoms with Crippen molar-refractivity contribution in [3.8, 4) is 12.3 Å². The molecular formula is C13H14F2N2. The molecule has 0 saturated carbocycles. The van der Waals surface area contributed by atoms with Crippen LogP contribution in [0.3, 0.4) is 0 Å². The Morgan fingerprint density at radius 2 is 2.24 bits per heavy atom. The Kier molecular flexibility index (Phi) is 3.01. The van der Waals surface area contributed by atoms with Gasteiger partial charge in [-0.15, -0.1) is 6.42 Å². The van der Waals surface area contributed by atoms with Gasteiger partial charge in [0.05, 0.1) is 12.2 Å². The maximum atomic E-state index is 13.3. The summed E-state index contributed by atoms with van der Waals surface area (Å²) in [6.45, 7) is 2.16. The summed E-state index contributed by atoms with van der Waals surface area (Å²) in [5, 5.41) is 0. The van der Waals surface area contributed by atoms with Crippen LogP contribution in [0.15, 0.2) is 12.1 Å². The molecule has 1 aliphatic heterocycles. The van der Waals surface area contributed by atoms with Crippen LogP contribution in [0.4, 0.5) is 14.6 Å². The molecular weight excluding hydrogens is 222 g/mol. The Morgan fingerprint density at radius 1 is 1.47 bits per heavy atom. The molecule has 2 rings (SSSR count). The van der Waals surface area contributed by atoms with Gasteiger partial charge in [0.2, 0.25) is 0 Å². The number of piperidine rings is 1. The minimum atomic E-state index is -2.61. The molecule has 0 bridgehead atoms. The van der Waals surface area contributed by atoms with Gasteiger partial charge >= 0.3 is 0 Å². The third-order valence-electron chi connectivity index (χ3n) is 2.94. The SMILES string of the molecule is C#Cc1ccc(N2CCCC(F)(F)C2)nc1C. The average Bonchev–Trinajstić information content (AvgIpc) is 2.27. The zero-order valence-corrected chi connectivity index (χ0v) is 9.71. The van der Waals surface area contributed by atoms with Gasteiger partial charge in [-0.25, -0.2) is 13.8 Å². The Hall–Kier alpha value is -1.63. The van der Waals surface area contributed by atoms with E-state index in [1.54, 1.807) is 24.0 Å². The van der Waals surface area contributed by atoms with Crippen molar-refractivity contribution in [1.29, 1.82) is 0 Å². The second-order valence-corrected chi connectivity index (χ2v) is 4.33. The van der Waals surface area contributed by atoms with Crippen molar-refractivity contribution in [1.82, 2.24) is 4.98 Å². The molecule has 0 radical (unpaired) electrons. The molecule has 0 unspecified atom stereocenters. The second kappa shape index (κ2) is 4.33. The van der Waals surface area contributed by atoms with E-state index in [9.17, 15) is 8.78 Å². The van der Waals surface area contributed by atoms with Gasteiger partial charge in [-0.2, -0.15) is 0 Å². The lowest BCUT2D eigenvalue weighted by atomic mass is 10.1. The van der Waals surface area contributed by atoms with Crippen LogP contribution in [0.2, 0.25) is 0 Å². The van der Waals surface area contributed by atoms with Crippen LogP contribution >= 0.6 is 0 Å².